The van der Waals surface area contributed by atoms with Gasteiger partial charge in [-0.15, -0.1) is 0 Å². The van der Waals surface area contributed by atoms with Crippen molar-refractivity contribution in [2.24, 2.45) is 5.41 Å². The number of alkyl halides is 1. The Labute approximate surface area is 76.9 Å². The van der Waals surface area contributed by atoms with Gasteiger partial charge in [0.2, 0.25) is 0 Å². The van der Waals surface area contributed by atoms with Crippen LogP contribution >= 0.6 is 0 Å². The molecule has 0 aromatic heterocycles. The van der Waals surface area contributed by atoms with Crippen molar-refractivity contribution in [2.75, 3.05) is 13.2 Å². The van der Waals surface area contributed by atoms with Crippen molar-refractivity contribution in [3.8, 4) is 0 Å². The average Bonchev–Trinajstić information content (AvgIpc) is 2.03. The molecule has 0 amide bonds. The van der Waals surface area contributed by atoms with Gasteiger partial charge in [0, 0.05) is 13.2 Å². The Kier molecular flexibility index (Phi) is 2.61. The van der Waals surface area contributed by atoms with Crippen molar-refractivity contribution < 1.29 is 19.0 Å². The van der Waals surface area contributed by atoms with Crippen LogP contribution in [-0.2, 0) is 9.53 Å². The first kappa shape index (κ1) is 10.4. The summed E-state index contributed by atoms with van der Waals surface area (Å²) in [6, 6.07) is 0. The maximum Gasteiger partial charge on any atom is 0.313 e. The summed E-state index contributed by atoms with van der Waals surface area (Å²) in [5.41, 5.74) is -2.95. The Morgan fingerprint density at radius 1 is 1.46 bits per heavy atom. The Morgan fingerprint density at radius 2 is 1.92 bits per heavy atom. The smallest absolute Gasteiger partial charge is 0.313 e. The normalized spacial score (nSPS) is 22.7. The Bertz CT molecular complexity index is 201. The van der Waals surface area contributed by atoms with Gasteiger partial charge in [0.05, 0.1) is 0 Å². The third-order valence-corrected chi connectivity index (χ3v) is 2.89. The van der Waals surface area contributed by atoms with Gasteiger partial charge in [-0.1, -0.05) is 0 Å². The number of carboxylic acid groups (broad SMARTS) is 1. The lowest BCUT2D eigenvalue weighted by Crippen LogP contribution is -2.50. The van der Waals surface area contributed by atoms with Crippen LogP contribution in [0.1, 0.15) is 26.7 Å². The van der Waals surface area contributed by atoms with Crippen LogP contribution in [-0.4, -0.2) is 30.0 Å². The molecule has 1 N–H and O–H groups in total. The fraction of sp³-hybridized carbons (Fsp3) is 0.889. The van der Waals surface area contributed by atoms with E-state index >= 15 is 0 Å². The number of carbonyl (C=O) groups is 1. The van der Waals surface area contributed by atoms with Gasteiger partial charge in [0.15, 0.2) is 0 Å². The van der Waals surface area contributed by atoms with Crippen LogP contribution in [0.2, 0.25) is 0 Å². The van der Waals surface area contributed by atoms with Gasteiger partial charge in [0.25, 0.3) is 0 Å². The number of aliphatic carboxylic acids is 1. The highest BCUT2D eigenvalue weighted by molar-refractivity contribution is 5.76. The quantitative estimate of drug-likeness (QED) is 0.719. The van der Waals surface area contributed by atoms with Gasteiger partial charge in [0.1, 0.15) is 11.1 Å². The first-order valence-electron chi connectivity index (χ1n) is 4.40. The second-order valence-corrected chi connectivity index (χ2v) is 3.97. The molecule has 1 rings (SSSR count). The molecule has 1 aliphatic heterocycles. The molecule has 1 aliphatic rings. The van der Waals surface area contributed by atoms with E-state index in [1.807, 2.05) is 0 Å². The highest BCUT2D eigenvalue weighted by atomic mass is 19.1. The number of rotatable bonds is 2. The summed E-state index contributed by atoms with van der Waals surface area (Å²) in [4.78, 5) is 11.0. The summed E-state index contributed by atoms with van der Waals surface area (Å²) >= 11 is 0. The van der Waals surface area contributed by atoms with E-state index < -0.39 is 17.1 Å². The second kappa shape index (κ2) is 3.25. The molecule has 0 bridgehead atoms. The molecule has 13 heavy (non-hydrogen) atoms. The second-order valence-electron chi connectivity index (χ2n) is 3.97. The van der Waals surface area contributed by atoms with Crippen molar-refractivity contribution in [2.45, 2.75) is 32.4 Å². The van der Waals surface area contributed by atoms with E-state index in [-0.39, 0.29) is 12.8 Å². The standard InChI is InChI=1S/C9H15FO3/c1-8(2,10)9(7(11)12)3-5-13-6-4-9/h3-6H2,1-2H3,(H,11,12). The summed E-state index contributed by atoms with van der Waals surface area (Å²) < 4.78 is 18.8. The maximum atomic E-state index is 13.7. The molecule has 0 radical (unpaired) electrons. The highest BCUT2D eigenvalue weighted by Gasteiger charge is 2.52. The molecular weight excluding hydrogens is 175 g/mol. The van der Waals surface area contributed by atoms with Gasteiger partial charge < -0.3 is 9.84 Å². The van der Waals surface area contributed by atoms with E-state index in [4.69, 9.17) is 9.84 Å². The zero-order valence-electron chi connectivity index (χ0n) is 7.97. The van der Waals surface area contributed by atoms with Crippen LogP contribution in [0.25, 0.3) is 0 Å². The van der Waals surface area contributed by atoms with Gasteiger partial charge >= 0.3 is 5.97 Å². The predicted molar refractivity (Wildman–Crippen MR) is 45.3 cm³/mol. The minimum atomic E-state index is -1.69. The Balaban J connectivity index is 2.93. The molecule has 1 fully saturated rings. The molecule has 76 valence electrons. The van der Waals surface area contributed by atoms with Crippen LogP contribution in [0, 0.1) is 5.41 Å². The van der Waals surface area contributed by atoms with E-state index in [1.165, 1.54) is 13.8 Å². The zero-order chi connectivity index (χ0) is 10.1. The molecule has 0 aromatic carbocycles. The lowest BCUT2D eigenvalue weighted by Gasteiger charge is -2.40. The minimum absolute atomic E-state index is 0.256. The molecule has 4 heteroatoms. The third-order valence-electron chi connectivity index (χ3n) is 2.89. The van der Waals surface area contributed by atoms with E-state index in [0.29, 0.717) is 13.2 Å². The average molecular weight is 190 g/mol. The number of halogens is 1. The summed E-state index contributed by atoms with van der Waals surface area (Å²) in [7, 11) is 0. The highest BCUT2D eigenvalue weighted by Crippen LogP contribution is 2.43. The first-order valence-corrected chi connectivity index (χ1v) is 4.40. The van der Waals surface area contributed by atoms with E-state index in [2.05, 4.69) is 0 Å². The van der Waals surface area contributed by atoms with Gasteiger partial charge in [-0.25, -0.2) is 4.39 Å². The van der Waals surface area contributed by atoms with Gasteiger partial charge in [-0.2, -0.15) is 0 Å². The molecule has 0 unspecified atom stereocenters. The Hall–Kier alpha value is -0.640. The van der Waals surface area contributed by atoms with Crippen molar-refractivity contribution in [3.05, 3.63) is 0 Å². The van der Waals surface area contributed by atoms with Crippen molar-refractivity contribution >= 4 is 5.97 Å². The monoisotopic (exact) mass is 190 g/mol. The van der Waals surface area contributed by atoms with Gasteiger partial charge in [-0.05, 0) is 26.7 Å². The van der Waals surface area contributed by atoms with Crippen LogP contribution in [0.4, 0.5) is 4.39 Å². The van der Waals surface area contributed by atoms with Gasteiger partial charge in [-0.3, -0.25) is 4.79 Å². The maximum absolute atomic E-state index is 13.7. The number of ether oxygens (including phenoxy) is 1. The summed E-state index contributed by atoms with van der Waals surface area (Å²) in [6.07, 6.45) is 0.512. The van der Waals surface area contributed by atoms with Crippen LogP contribution in [0.5, 0.6) is 0 Å². The van der Waals surface area contributed by atoms with Crippen LogP contribution in [0.3, 0.4) is 0 Å². The largest absolute Gasteiger partial charge is 0.481 e. The fourth-order valence-electron chi connectivity index (χ4n) is 1.78. The van der Waals surface area contributed by atoms with Crippen LogP contribution < -0.4 is 0 Å². The fourth-order valence-corrected chi connectivity index (χ4v) is 1.78. The minimum Gasteiger partial charge on any atom is -0.481 e. The molecule has 0 aromatic rings. The molecule has 0 saturated carbocycles. The molecule has 1 heterocycles. The molecule has 0 aliphatic carbocycles. The zero-order valence-corrected chi connectivity index (χ0v) is 7.97. The van der Waals surface area contributed by atoms with E-state index in [0.717, 1.165) is 0 Å². The topological polar surface area (TPSA) is 46.5 Å². The molecular formula is C9H15FO3. The summed E-state index contributed by atoms with van der Waals surface area (Å²) in [6.45, 7) is 3.32. The summed E-state index contributed by atoms with van der Waals surface area (Å²) in [5, 5.41) is 9.03. The summed E-state index contributed by atoms with van der Waals surface area (Å²) in [5.74, 6) is -1.05. The van der Waals surface area contributed by atoms with Crippen molar-refractivity contribution in [1.82, 2.24) is 0 Å². The first-order chi connectivity index (χ1) is 5.90. The number of carboxylic acids is 1. The molecule has 3 nitrogen and oxygen atoms in total. The predicted octanol–water partition coefficient (Wildman–Crippen LogP) is 1.62. The lowest BCUT2D eigenvalue weighted by atomic mass is 9.69. The van der Waals surface area contributed by atoms with Crippen molar-refractivity contribution in [3.63, 3.8) is 0 Å². The number of hydrogen-bond donors (Lipinski definition) is 1. The molecule has 1 saturated heterocycles. The SMILES string of the molecule is CC(C)(F)C1(C(=O)O)CCOCC1. The van der Waals surface area contributed by atoms with Crippen LogP contribution in [0.15, 0.2) is 0 Å². The van der Waals surface area contributed by atoms with E-state index in [9.17, 15) is 9.18 Å². The molecule has 0 spiro atoms. The van der Waals surface area contributed by atoms with Crippen molar-refractivity contribution in [1.29, 1.82) is 0 Å². The lowest BCUT2D eigenvalue weighted by molar-refractivity contribution is -0.168. The number of hydrogen-bond acceptors (Lipinski definition) is 2. The third kappa shape index (κ3) is 1.68. The Morgan fingerprint density at radius 3 is 2.15 bits per heavy atom. The van der Waals surface area contributed by atoms with E-state index in [1.54, 1.807) is 0 Å². The molecule has 0 atom stereocenters.